The Morgan fingerprint density at radius 1 is 0.955 bits per heavy atom. The minimum atomic E-state index is -2.33. The molecule has 0 bridgehead atoms. The highest BCUT2D eigenvalue weighted by molar-refractivity contribution is 6.87. The normalized spacial score (nSPS) is 16.6. The maximum atomic E-state index is 6.29. The molecular weight excluding hydrogens is 361 g/mol. The lowest BCUT2D eigenvalue weighted by Crippen LogP contribution is -2.54. The largest absolute Gasteiger partial charge is 0.437 e. The van der Waals surface area contributed by atoms with Crippen LogP contribution in [-0.2, 0) is 16.5 Å². The number of hydrogen-bond acceptors (Lipinski definition) is 4. The first-order valence-corrected chi connectivity index (χ1v) is 21.3. The lowest BCUT2D eigenvalue weighted by Gasteiger charge is -2.36. The summed E-state index contributed by atoms with van der Waals surface area (Å²) >= 11 is 0. The summed E-state index contributed by atoms with van der Waals surface area (Å²) in [5.74, 6) is 0. The first-order chi connectivity index (χ1) is 9.58. The highest BCUT2D eigenvalue weighted by Crippen LogP contribution is 2.23. The van der Waals surface area contributed by atoms with Gasteiger partial charge in [-0.2, -0.15) is 0 Å². The Labute approximate surface area is 143 Å². The number of hydrogen-bond donors (Lipinski definition) is 0. The average molecular weight is 395 g/mol. The van der Waals surface area contributed by atoms with Crippen molar-refractivity contribution < 1.29 is 16.5 Å². The van der Waals surface area contributed by atoms with Gasteiger partial charge in [0.05, 0.1) is 0 Å². The van der Waals surface area contributed by atoms with Crippen molar-refractivity contribution in [3.8, 4) is 0 Å². The van der Waals surface area contributed by atoms with Gasteiger partial charge in [-0.05, 0) is 58.9 Å². The molecule has 0 heterocycles. The third kappa shape index (κ3) is 11.1. The van der Waals surface area contributed by atoms with Gasteiger partial charge in [0.2, 0.25) is 0 Å². The molecular formula is C13H34O4Si5+. The zero-order valence-corrected chi connectivity index (χ0v) is 20.8. The minimum absolute atomic E-state index is 0.751. The maximum absolute atomic E-state index is 6.29. The van der Waals surface area contributed by atoms with Crippen LogP contribution in [0.5, 0.6) is 0 Å². The van der Waals surface area contributed by atoms with Crippen LogP contribution in [0.4, 0.5) is 0 Å². The van der Waals surface area contributed by atoms with E-state index >= 15 is 0 Å². The van der Waals surface area contributed by atoms with E-state index in [1.165, 1.54) is 0 Å². The lowest BCUT2D eigenvalue weighted by molar-refractivity contribution is 0.318. The standard InChI is InChI=1S/C13H34O4Si5/c1-12-13-22(11,17-20(6,7)8)15-18(2)14-21(9,10)16-19(3,4)5/h12H,1,6,13H2,2-5,7-11H3/q+1. The average Bonchev–Trinajstić information content (AvgIpc) is 2.06. The molecule has 1 radical (unpaired) electrons. The summed E-state index contributed by atoms with van der Waals surface area (Å²) < 4.78 is 25.0. The van der Waals surface area contributed by atoms with Crippen LogP contribution in [0, 0.1) is 6.55 Å². The van der Waals surface area contributed by atoms with Crippen molar-refractivity contribution in [2.75, 3.05) is 0 Å². The van der Waals surface area contributed by atoms with E-state index in [4.69, 9.17) is 16.5 Å². The van der Waals surface area contributed by atoms with Gasteiger partial charge in [0.15, 0.2) is 8.32 Å². The van der Waals surface area contributed by atoms with Gasteiger partial charge in [0.1, 0.15) is 0 Å². The van der Waals surface area contributed by atoms with Crippen LogP contribution < -0.4 is 0 Å². The molecule has 0 N–H and O–H groups in total. The molecule has 129 valence electrons. The SMILES string of the molecule is C=CC[Si](C)(O[Si](C)O[Si](C)(C)O[Si](C)(C)C)O[Si]([CH2+])(C)C. The zero-order valence-electron chi connectivity index (χ0n) is 15.8. The Kier molecular flexibility index (Phi) is 8.27. The molecule has 0 fully saturated rings. The second-order valence-corrected chi connectivity index (χ2v) is 25.3. The van der Waals surface area contributed by atoms with Gasteiger partial charge >= 0.3 is 34.7 Å². The molecule has 22 heavy (non-hydrogen) atoms. The molecule has 4 nitrogen and oxygen atoms in total. The van der Waals surface area contributed by atoms with Crippen LogP contribution in [0.3, 0.4) is 0 Å². The van der Waals surface area contributed by atoms with Gasteiger partial charge in [-0.1, -0.05) is 6.08 Å². The first kappa shape index (κ1) is 22.5. The van der Waals surface area contributed by atoms with E-state index in [0.29, 0.717) is 0 Å². The highest BCUT2D eigenvalue weighted by Gasteiger charge is 2.44. The van der Waals surface area contributed by atoms with E-state index in [9.17, 15) is 0 Å². The Morgan fingerprint density at radius 2 is 1.45 bits per heavy atom. The Balaban J connectivity index is 4.83. The summed E-state index contributed by atoms with van der Waals surface area (Å²) in [6, 6.07) is 0.751. The molecule has 1 atom stereocenters. The molecule has 0 aliphatic carbocycles. The zero-order chi connectivity index (χ0) is 17.8. The molecule has 0 aromatic carbocycles. The molecule has 0 amide bonds. The summed E-state index contributed by atoms with van der Waals surface area (Å²) in [5, 5.41) is 0. The predicted molar refractivity (Wildman–Crippen MR) is 106 cm³/mol. The minimum Gasteiger partial charge on any atom is -0.437 e. The maximum Gasteiger partial charge on any atom is 0.395 e. The molecule has 0 aliphatic rings. The monoisotopic (exact) mass is 394 g/mol. The molecule has 0 spiro atoms. The second-order valence-electron chi connectivity index (χ2n) is 7.80. The van der Waals surface area contributed by atoms with Gasteiger partial charge < -0.3 is 16.5 Å². The number of rotatable bonds is 10. The van der Waals surface area contributed by atoms with Crippen molar-refractivity contribution in [3.63, 3.8) is 0 Å². The van der Waals surface area contributed by atoms with Gasteiger partial charge in [-0.3, -0.25) is 0 Å². The van der Waals surface area contributed by atoms with Crippen LogP contribution >= 0.6 is 0 Å². The van der Waals surface area contributed by atoms with Gasteiger partial charge in [0.25, 0.3) is 0 Å². The van der Waals surface area contributed by atoms with Crippen molar-refractivity contribution >= 4 is 43.0 Å². The predicted octanol–water partition coefficient (Wildman–Crippen LogP) is 4.54. The highest BCUT2D eigenvalue weighted by atomic mass is 28.5. The molecule has 1 unspecified atom stereocenters. The molecule has 0 aromatic rings. The Morgan fingerprint density at radius 3 is 1.82 bits per heavy atom. The lowest BCUT2D eigenvalue weighted by atomic mass is 10.8. The van der Waals surface area contributed by atoms with Crippen molar-refractivity contribution in [1.29, 1.82) is 0 Å². The summed E-state index contributed by atoms with van der Waals surface area (Å²) in [6.45, 7) is 27.0. The second kappa shape index (κ2) is 8.07. The smallest absolute Gasteiger partial charge is 0.395 e. The fourth-order valence-electron chi connectivity index (χ4n) is 2.38. The van der Waals surface area contributed by atoms with Gasteiger partial charge in [-0.25, -0.2) is 0 Å². The van der Waals surface area contributed by atoms with E-state index < -0.39 is 43.0 Å². The fraction of sp³-hybridized carbons (Fsp3) is 0.769. The summed E-state index contributed by atoms with van der Waals surface area (Å²) in [5.41, 5.74) is 0. The van der Waals surface area contributed by atoms with Crippen LogP contribution in [0.2, 0.25) is 65.0 Å². The van der Waals surface area contributed by atoms with Crippen LogP contribution in [0.25, 0.3) is 0 Å². The van der Waals surface area contributed by atoms with E-state index in [1.54, 1.807) is 0 Å². The van der Waals surface area contributed by atoms with E-state index in [2.05, 4.69) is 65.5 Å². The van der Waals surface area contributed by atoms with E-state index in [1.807, 2.05) is 12.6 Å². The molecule has 0 saturated carbocycles. The summed E-state index contributed by atoms with van der Waals surface area (Å²) in [7, 11) is -9.44. The summed E-state index contributed by atoms with van der Waals surface area (Å²) in [4.78, 5) is 0. The van der Waals surface area contributed by atoms with Crippen molar-refractivity contribution in [1.82, 2.24) is 0 Å². The van der Waals surface area contributed by atoms with Gasteiger partial charge in [-0.15, -0.1) is 6.58 Å². The number of allylic oxidation sites excluding steroid dienone is 1. The topological polar surface area (TPSA) is 36.9 Å². The summed E-state index contributed by atoms with van der Waals surface area (Å²) in [6.07, 6.45) is 1.88. The Bertz CT molecular complexity index is 364. The molecule has 0 saturated heterocycles. The first-order valence-electron chi connectivity index (χ1n) is 7.66. The van der Waals surface area contributed by atoms with Crippen molar-refractivity contribution in [2.45, 2.75) is 65.0 Å². The third-order valence-corrected chi connectivity index (χ3v) is 17.7. The van der Waals surface area contributed by atoms with Crippen LogP contribution in [0.1, 0.15) is 0 Å². The molecule has 0 rings (SSSR count). The molecule has 0 aromatic heterocycles. The van der Waals surface area contributed by atoms with Crippen LogP contribution in [0.15, 0.2) is 12.7 Å². The van der Waals surface area contributed by atoms with E-state index in [0.717, 1.165) is 6.04 Å². The Hall–Kier alpha value is 0.534. The van der Waals surface area contributed by atoms with Crippen molar-refractivity contribution in [3.05, 3.63) is 19.2 Å². The third-order valence-electron chi connectivity index (χ3n) is 2.31. The van der Waals surface area contributed by atoms with Crippen LogP contribution in [-0.4, -0.2) is 43.0 Å². The van der Waals surface area contributed by atoms with Gasteiger partial charge in [0, 0.05) is 12.6 Å². The van der Waals surface area contributed by atoms with Crippen molar-refractivity contribution in [2.24, 2.45) is 0 Å². The van der Waals surface area contributed by atoms with E-state index in [-0.39, 0.29) is 0 Å². The molecule has 0 aliphatic heterocycles. The fourth-order valence-corrected chi connectivity index (χ4v) is 21.0. The molecule has 9 heteroatoms. The quantitative estimate of drug-likeness (QED) is 0.309.